The van der Waals surface area contributed by atoms with Crippen LogP contribution in [0.4, 0.5) is 5.69 Å². The lowest BCUT2D eigenvalue weighted by atomic mass is 10.1. The Morgan fingerprint density at radius 1 is 1.14 bits per heavy atom. The van der Waals surface area contributed by atoms with Gasteiger partial charge < -0.3 is 9.64 Å². The molecule has 0 saturated heterocycles. The van der Waals surface area contributed by atoms with E-state index in [0.29, 0.717) is 5.92 Å². The third-order valence-electron chi connectivity index (χ3n) is 5.68. The van der Waals surface area contributed by atoms with Crippen LogP contribution in [0, 0.1) is 5.92 Å². The molecule has 0 spiro atoms. The summed E-state index contributed by atoms with van der Waals surface area (Å²) in [5, 5.41) is 0. The lowest BCUT2D eigenvalue weighted by Gasteiger charge is -2.30. The van der Waals surface area contributed by atoms with Crippen molar-refractivity contribution in [3.63, 3.8) is 0 Å². The SMILES string of the molecule is COc1ccc(N(C(=O)Cn2c(=O)n(C)c3ccccc32)C(C)C2CC2)cc1. The monoisotopic (exact) mass is 379 g/mol. The molecule has 0 bridgehead atoms. The maximum absolute atomic E-state index is 13.4. The van der Waals surface area contributed by atoms with Gasteiger partial charge in [0.15, 0.2) is 0 Å². The van der Waals surface area contributed by atoms with Crippen molar-refractivity contribution in [1.82, 2.24) is 9.13 Å². The second kappa shape index (κ2) is 7.19. The fraction of sp³-hybridized carbons (Fsp3) is 0.364. The molecule has 4 rings (SSSR count). The number of nitrogens with zero attached hydrogens (tertiary/aromatic N) is 3. The van der Waals surface area contributed by atoms with Crippen molar-refractivity contribution in [2.24, 2.45) is 13.0 Å². The number of rotatable bonds is 6. The Balaban J connectivity index is 1.70. The highest BCUT2D eigenvalue weighted by Gasteiger charge is 2.35. The van der Waals surface area contributed by atoms with Crippen LogP contribution in [0.2, 0.25) is 0 Å². The number of carbonyl (C=O) groups excluding carboxylic acids is 1. The normalized spacial score (nSPS) is 14.8. The minimum Gasteiger partial charge on any atom is -0.497 e. The average molecular weight is 379 g/mol. The Morgan fingerprint density at radius 2 is 1.79 bits per heavy atom. The standard InChI is InChI=1S/C22H25N3O3/c1-15(16-8-9-16)25(17-10-12-18(28-3)13-11-17)21(26)14-24-20-7-5-4-6-19(20)23(2)22(24)27/h4-7,10-13,15-16H,8-9,14H2,1-3H3. The molecule has 6 nitrogen and oxygen atoms in total. The molecule has 1 saturated carbocycles. The second-order valence-electron chi connectivity index (χ2n) is 7.46. The molecule has 0 aliphatic heterocycles. The zero-order chi connectivity index (χ0) is 19.8. The average Bonchev–Trinajstić information content (AvgIpc) is 3.54. The number of anilines is 1. The first-order chi connectivity index (χ1) is 13.5. The van der Waals surface area contributed by atoms with Gasteiger partial charge in [0, 0.05) is 18.8 Å². The van der Waals surface area contributed by atoms with Crippen LogP contribution in [-0.2, 0) is 18.4 Å². The van der Waals surface area contributed by atoms with E-state index in [4.69, 9.17) is 4.74 Å². The van der Waals surface area contributed by atoms with E-state index < -0.39 is 0 Å². The van der Waals surface area contributed by atoms with Gasteiger partial charge in [0.2, 0.25) is 5.91 Å². The van der Waals surface area contributed by atoms with Crippen LogP contribution >= 0.6 is 0 Å². The van der Waals surface area contributed by atoms with E-state index in [1.54, 1.807) is 23.3 Å². The molecule has 1 unspecified atom stereocenters. The first-order valence-corrected chi connectivity index (χ1v) is 9.61. The molecular formula is C22H25N3O3. The van der Waals surface area contributed by atoms with Gasteiger partial charge in [-0.25, -0.2) is 4.79 Å². The molecule has 1 aromatic heterocycles. The van der Waals surface area contributed by atoms with E-state index in [1.807, 2.05) is 53.4 Å². The number of hydrogen-bond donors (Lipinski definition) is 0. The number of ether oxygens (including phenoxy) is 1. The number of methoxy groups -OCH3 is 1. The summed E-state index contributed by atoms with van der Waals surface area (Å²) in [7, 11) is 3.36. The number of imidazole rings is 1. The Labute approximate surface area is 163 Å². The van der Waals surface area contributed by atoms with Gasteiger partial charge in [-0.05, 0) is 62.1 Å². The highest BCUT2D eigenvalue weighted by atomic mass is 16.5. The summed E-state index contributed by atoms with van der Waals surface area (Å²) in [4.78, 5) is 27.9. The number of para-hydroxylation sites is 2. The first-order valence-electron chi connectivity index (χ1n) is 9.61. The predicted molar refractivity (Wildman–Crippen MR) is 110 cm³/mol. The fourth-order valence-electron chi connectivity index (χ4n) is 3.87. The van der Waals surface area contributed by atoms with Crippen LogP contribution in [0.5, 0.6) is 5.75 Å². The van der Waals surface area contributed by atoms with E-state index in [9.17, 15) is 9.59 Å². The number of hydrogen-bond acceptors (Lipinski definition) is 3. The van der Waals surface area contributed by atoms with Gasteiger partial charge in [-0.2, -0.15) is 0 Å². The third kappa shape index (κ3) is 3.19. The van der Waals surface area contributed by atoms with E-state index in [-0.39, 0.29) is 24.2 Å². The molecular weight excluding hydrogens is 354 g/mol. The third-order valence-corrected chi connectivity index (χ3v) is 5.68. The summed E-state index contributed by atoms with van der Waals surface area (Å²) in [5.74, 6) is 1.18. The fourth-order valence-corrected chi connectivity index (χ4v) is 3.87. The Hall–Kier alpha value is -3.02. The van der Waals surface area contributed by atoms with Crippen LogP contribution in [0.1, 0.15) is 19.8 Å². The molecule has 1 amide bonds. The van der Waals surface area contributed by atoms with Gasteiger partial charge in [0.25, 0.3) is 0 Å². The Morgan fingerprint density at radius 3 is 2.39 bits per heavy atom. The zero-order valence-corrected chi connectivity index (χ0v) is 16.5. The van der Waals surface area contributed by atoms with Crippen molar-refractivity contribution in [3.05, 3.63) is 59.0 Å². The van der Waals surface area contributed by atoms with Crippen molar-refractivity contribution in [2.45, 2.75) is 32.4 Å². The van der Waals surface area contributed by atoms with Crippen molar-refractivity contribution < 1.29 is 9.53 Å². The molecule has 6 heteroatoms. The van der Waals surface area contributed by atoms with Gasteiger partial charge >= 0.3 is 5.69 Å². The predicted octanol–water partition coefficient (Wildman–Crippen LogP) is 3.18. The lowest BCUT2D eigenvalue weighted by Crippen LogP contribution is -2.43. The number of benzene rings is 2. The van der Waals surface area contributed by atoms with Crippen LogP contribution < -0.4 is 15.3 Å². The van der Waals surface area contributed by atoms with Crippen molar-refractivity contribution in [2.75, 3.05) is 12.0 Å². The summed E-state index contributed by atoms with van der Waals surface area (Å²) in [5.41, 5.74) is 2.26. The molecule has 0 N–H and O–H groups in total. The molecule has 1 aliphatic carbocycles. The van der Waals surface area contributed by atoms with Gasteiger partial charge in [-0.1, -0.05) is 12.1 Å². The van der Waals surface area contributed by atoms with E-state index in [2.05, 4.69) is 6.92 Å². The first kappa shape index (κ1) is 18.3. The minimum absolute atomic E-state index is 0.0171. The quantitative estimate of drug-likeness (QED) is 0.661. The molecule has 146 valence electrons. The molecule has 1 heterocycles. The van der Waals surface area contributed by atoms with Gasteiger partial charge in [0.05, 0.1) is 18.1 Å². The number of aromatic nitrogens is 2. The molecule has 28 heavy (non-hydrogen) atoms. The Kier molecular flexibility index (Phi) is 4.71. The van der Waals surface area contributed by atoms with Gasteiger partial charge in [0.1, 0.15) is 12.3 Å². The second-order valence-corrected chi connectivity index (χ2v) is 7.46. The van der Waals surface area contributed by atoms with Gasteiger partial charge in [-0.15, -0.1) is 0 Å². The largest absolute Gasteiger partial charge is 0.497 e. The molecule has 0 radical (unpaired) electrons. The minimum atomic E-state index is -0.177. The topological polar surface area (TPSA) is 56.5 Å². The zero-order valence-electron chi connectivity index (χ0n) is 16.5. The number of aryl methyl sites for hydroxylation is 1. The molecule has 1 atom stereocenters. The number of carbonyl (C=O) groups is 1. The summed E-state index contributed by atoms with van der Waals surface area (Å²) < 4.78 is 8.39. The molecule has 1 aliphatic rings. The lowest BCUT2D eigenvalue weighted by molar-refractivity contribution is -0.119. The van der Waals surface area contributed by atoms with Crippen LogP contribution in [0.25, 0.3) is 11.0 Å². The van der Waals surface area contributed by atoms with Crippen molar-refractivity contribution in [1.29, 1.82) is 0 Å². The van der Waals surface area contributed by atoms with E-state index >= 15 is 0 Å². The summed E-state index contributed by atoms with van der Waals surface area (Å²) in [6.45, 7) is 2.11. The summed E-state index contributed by atoms with van der Waals surface area (Å²) in [6.07, 6.45) is 2.27. The molecule has 3 aromatic rings. The van der Waals surface area contributed by atoms with Gasteiger partial charge in [-0.3, -0.25) is 13.9 Å². The van der Waals surface area contributed by atoms with Crippen LogP contribution in [0.3, 0.4) is 0 Å². The van der Waals surface area contributed by atoms with Crippen molar-refractivity contribution in [3.8, 4) is 5.75 Å². The maximum atomic E-state index is 13.4. The molecule has 2 aromatic carbocycles. The molecule has 1 fully saturated rings. The van der Waals surface area contributed by atoms with E-state index in [0.717, 1.165) is 35.3 Å². The van der Waals surface area contributed by atoms with Crippen LogP contribution in [0.15, 0.2) is 53.3 Å². The Bertz CT molecular complexity index is 1060. The summed E-state index contributed by atoms with van der Waals surface area (Å²) in [6, 6.07) is 15.2. The van der Waals surface area contributed by atoms with Crippen LogP contribution in [-0.4, -0.2) is 28.2 Å². The highest BCUT2D eigenvalue weighted by Crippen LogP contribution is 2.37. The smallest absolute Gasteiger partial charge is 0.329 e. The number of fused-ring (bicyclic) bond motifs is 1. The number of amides is 1. The van der Waals surface area contributed by atoms with Crippen molar-refractivity contribution >= 4 is 22.6 Å². The maximum Gasteiger partial charge on any atom is 0.329 e. The van der Waals surface area contributed by atoms with E-state index in [1.165, 1.54) is 0 Å². The summed E-state index contributed by atoms with van der Waals surface area (Å²) >= 11 is 0. The highest BCUT2D eigenvalue weighted by molar-refractivity contribution is 5.94.